The molecule has 0 saturated carbocycles. The fraction of sp³-hybridized carbons (Fsp3) is 0.360. The molecule has 8 heteroatoms. The minimum absolute atomic E-state index is 0.0523. The molecule has 8 nitrogen and oxygen atoms in total. The zero-order chi connectivity index (χ0) is 23.8. The fourth-order valence-electron chi connectivity index (χ4n) is 4.18. The lowest BCUT2D eigenvalue weighted by Crippen LogP contribution is -2.27. The van der Waals surface area contributed by atoms with Crippen molar-refractivity contribution < 1.29 is 14.3 Å². The van der Waals surface area contributed by atoms with Gasteiger partial charge in [-0.05, 0) is 57.4 Å². The van der Waals surface area contributed by atoms with E-state index >= 15 is 0 Å². The van der Waals surface area contributed by atoms with E-state index < -0.39 is 11.7 Å². The quantitative estimate of drug-likeness (QED) is 0.617. The molecule has 1 aliphatic heterocycles. The van der Waals surface area contributed by atoms with Crippen LogP contribution in [0.5, 0.6) is 0 Å². The number of benzene rings is 1. The number of aryl methyl sites for hydroxylation is 1. The zero-order valence-electron chi connectivity index (χ0n) is 19.5. The summed E-state index contributed by atoms with van der Waals surface area (Å²) in [5.41, 5.74) is 3.20. The number of nitrogens with one attached hydrogen (secondary N) is 1. The molecule has 172 valence electrons. The van der Waals surface area contributed by atoms with Crippen LogP contribution in [0, 0.1) is 0 Å². The van der Waals surface area contributed by atoms with E-state index in [1.165, 1.54) is 6.33 Å². The number of nitrogens with zero attached hydrogens (tertiary/aromatic N) is 4. The van der Waals surface area contributed by atoms with Crippen LogP contribution in [-0.4, -0.2) is 50.1 Å². The lowest BCUT2D eigenvalue weighted by atomic mass is 10.0. The molecule has 1 saturated heterocycles. The second kappa shape index (κ2) is 8.69. The number of fused-ring (bicyclic) bond motifs is 1. The third-order valence-electron chi connectivity index (χ3n) is 5.64. The van der Waals surface area contributed by atoms with E-state index in [4.69, 9.17) is 4.74 Å². The van der Waals surface area contributed by atoms with Crippen molar-refractivity contribution in [3.8, 4) is 11.1 Å². The van der Waals surface area contributed by atoms with Gasteiger partial charge in [0, 0.05) is 31.3 Å². The topological polar surface area (TPSA) is 89.3 Å². The second-order valence-corrected chi connectivity index (χ2v) is 9.15. The molecular formula is C25H29N5O3. The summed E-state index contributed by atoms with van der Waals surface area (Å²) in [6.45, 7) is 11.0. The number of likely N-dealkylation sites (tertiary alicyclic amines) is 1. The van der Waals surface area contributed by atoms with Gasteiger partial charge in [0.1, 0.15) is 23.4 Å². The number of ether oxygens (including phenoxy) is 1. The number of carbonyl (C=O) groups is 2. The van der Waals surface area contributed by atoms with Gasteiger partial charge in [0.25, 0.3) is 5.91 Å². The summed E-state index contributed by atoms with van der Waals surface area (Å²) in [5, 5.41) is 3.44. The van der Waals surface area contributed by atoms with Gasteiger partial charge in [-0.1, -0.05) is 18.7 Å². The molecule has 0 aliphatic carbocycles. The number of hydrogen-bond acceptors (Lipinski definition) is 5. The van der Waals surface area contributed by atoms with Gasteiger partial charge >= 0.3 is 6.09 Å². The minimum Gasteiger partial charge on any atom is -0.444 e. The van der Waals surface area contributed by atoms with Crippen LogP contribution in [0.2, 0.25) is 0 Å². The van der Waals surface area contributed by atoms with Crippen LogP contribution >= 0.6 is 0 Å². The molecule has 1 N–H and O–H groups in total. The zero-order valence-corrected chi connectivity index (χ0v) is 19.5. The summed E-state index contributed by atoms with van der Waals surface area (Å²) < 4.78 is 7.32. The first-order chi connectivity index (χ1) is 15.7. The molecule has 0 unspecified atom stereocenters. The van der Waals surface area contributed by atoms with Crippen molar-refractivity contribution in [3.63, 3.8) is 0 Å². The predicted molar refractivity (Wildman–Crippen MR) is 129 cm³/mol. The molecule has 3 aromatic rings. The van der Waals surface area contributed by atoms with Gasteiger partial charge in [0.15, 0.2) is 0 Å². The normalized spacial score (nSPS) is 13.9. The van der Waals surface area contributed by atoms with E-state index in [1.807, 2.05) is 40.8 Å². The second-order valence-electron chi connectivity index (χ2n) is 9.15. The Balaban J connectivity index is 1.77. The van der Waals surface area contributed by atoms with Crippen molar-refractivity contribution in [2.75, 3.05) is 18.4 Å². The molecular weight excluding hydrogens is 418 g/mol. The van der Waals surface area contributed by atoms with Crippen LogP contribution in [0.25, 0.3) is 28.2 Å². The molecule has 0 radical (unpaired) electrons. The molecule has 1 fully saturated rings. The number of rotatable bonds is 4. The predicted octanol–water partition coefficient (Wildman–Crippen LogP) is 4.86. The van der Waals surface area contributed by atoms with E-state index in [0.717, 1.165) is 42.8 Å². The summed E-state index contributed by atoms with van der Waals surface area (Å²) in [4.78, 5) is 35.8. The summed E-state index contributed by atoms with van der Waals surface area (Å²) in [7, 11) is 1.89. The first-order valence-corrected chi connectivity index (χ1v) is 11.0. The summed E-state index contributed by atoms with van der Waals surface area (Å²) >= 11 is 0. The van der Waals surface area contributed by atoms with E-state index in [9.17, 15) is 9.59 Å². The number of hydrogen-bond donors (Lipinski definition) is 1. The smallest absolute Gasteiger partial charge is 0.413 e. The SMILES string of the molecule is C=Cc1c(-c2ccc(C(=O)N3CCCC3)cc2)c2c(NC(=O)OC(C)(C)C)ncnc2n1C. The van der Waals surface area contributed by atoms with Crippen LogP contribution in [0.1, 0.15) is 49.7 Å². The van der Waals surface area contributed by atoms with Gasteiger partial charge in [-0.3, -0.25) is 10.1 Å². The number of amides is 2. The molecule has 0 atom stereocenters. The van der Waals surface area contributed by atoms with E-state index in [0.29, 0.717) is 22.4 Å². The van der Waals surface area contributed by atoms with Crippen LogP contribution in [0.4, 0.5) is 10.6 Å². The van der Waals surface area contributed by atoms with Gasteiger partial charge < -0.3 is 14.2 Å². The maximum atomic E-state index is 12.7. The summed E-state index contributed by atoms with van der Waals surface area (Å²) in [6.07, 6.45) is 4.66. The largest absolute Gasteiger partial charge is 0.444 e. The van der Waals surface area contributed by atoms with Crippen molar-refractivity contribution >= 4 is 34.9 Å². The maximum Gasteiger partial charge on any atom is 0.413 e. The van der Waals surface area contributed by atoms with Gasteiger partial charge in [0.2, 0.25) is 0 Å². The lowest BCUT2D eigenvalue weighted by Gasteiger charge is -2.19. The molecule has 1 aromatic carbocycles. The Morgan fingerprint density at radius 3 is 2.39 bits per heavy atom. The van der Waals surface area contributed by atoms with Crippen LogP contribution in [-0.2, 0) is 11.8 Å². The number of anilines is 1. The Hall–Kier alpha value is -3.68. The van der Waals surface area contributed by atoms with Crippen molar-refractivity contribution in [1.82, 2.24) is 19.4 Å². The van der Waals surface area contributed by atoms with Gasteiger partial charge in [-0.15, -0.1) is 0 Å². The maximum absolute atomic E-state index is 12.7. The van der Waals surface area contributed by atoms with Gasteiger partial charge in [-0.2, -0.15) is 0 Å². The molecule has 0 spiro atoms. The van der Waals surface area contributed by atoms with Crippen molar-refractivity contribution in [3.05, 3.63) is 48.4 Å². The highest BCUT2D eigenvalue weighted by atomic mass is 16.6. The highest BCUT2D eigenvalue weighted by molar-refractivity contribution is 6.08. The summed E-state index contributed by atoms with van der Waals surface area (Å²) in [6, 6.07) is 7.50. The van der Waals surface area contributed by atoms with E-state index in [-0.39, 0.29) is 5.91 Å². The molecule has 3 heterocycles. The molecule has 1 aliphatic rings. The van der Waals surface area contributed by atoms with Crippen molar-refractivity contribution in [2.45, 2.75) is 39.2 Å². The Bertz CT molecular complexity index is 1220. The van der Waals surface area contributed by atoms with Gasteiger partial charge in [-0.25, -0.2) is 14.8 Å². The third-order valence-corrected chi connectivity index (χ3v) is 5.64. The Kier molecular flexibility index (Phi) is 5.93. The highest BCUT2D eigenvalue weighted by Gasteiger charge is 2.24. The third kappa shape index (κ3) is 4.46. The lowest BCUT2D eigenvalue weighted by molar-refractivity contribution is 0.0635. The molecule has 4 rings (SSSR count). The molecule has 2 amide bonds. The average molecular weight is 448 g/mol. The number of carbonyl (C=O) groups excluding carboxylic acids is 2. The van der Waals surface area contributed by atoms with Crippen molar-refractivity contribution in [1.29, 1.82) is 0 Å². The highest BCUT2D eigenvalue weighted by Crippen LogP contribution is 2.38. The van der Waals surface area contributed by atoms with Crippen LogP contribution < -0.4 is 5.32 Å². The Labute approximate surface area is 193 Å². The molecule has 33 heavy (non-hydrogen) atoms. The van der Waals surface area contributed by atoms with E-state index in [1.54, 1.807) is 26.8 Å². The fourth-order valence-corrected chi connectivity index (χ4v) is 4.18. The average Bonchev–Trinajstić information content (AvgIpc) is 3.39. The van der Waals surface area contributed by atoms with Gasteiger partial charge in [0.05, 0.1) is 11.1 Å². The molecule has 0 bridgehead atoms. The van der Waals surface area contributed by atoms with Crippen molar-refractivity contribution in [2.24, 2.45) is 7.05 Å². The Morgan fingerprint density at radius 1 is 1.12 bits per heavy atom. The number of aromatic nitrogens is 3. The first kappa shape index (κ1) is 22.5. The van der Waals surface area contributed by atoms with Crippen LogP contribution in [0.15, 0.2) is 37.2 Å². The Morgan fingerprint density at radius 2 is 1.79 bits per heavy atom. The first-order valence-electron chi connectivity index (χ1n) is 11.0. The van der Waals surface area contributed by atoms with Crippen LogP contribution in [0.3, 0.4) is 0 Å². The minimum atomic E-state index is -0.639. The van der Waals surface area contributed by atoms with E-state index in [2.05, 4.69) is 21.9 Å². The standard InChI is InChI=1S/C25H29N5O3/c1-6-18-19(16-9-11-17(12-10-16)23(31)30-13-7-8-14-30)20-21(26-15-27-22(20)29(18)5)28-24(32)33-25(2,3)4/h6,9-12,15H,1,7-8,13-14H2,2-5H3,(H,26,27,28,32). The summed E-state index contributed by atoms with van der Waals surface area (Å²) in [5.74, 6) is 0.404. The molecule has 2 aromatic heterocycles. The monoisotopic (exact) mass is 447 g/mol.